The Morgan fingerprint density at radius 3 is 2.85 bits per heavy atom. The van der Waals surface area contributed by atoms with Crippen molar-refractivity contribution < 1.29 is 0 Å². The van der Waals surface area contributed by atoms with Crippen LogP contribution in [0.25, 0.3) is 11.0 Å². The first kappa shape index (κ1) is 7.47. The number of aromatic nitrogens is 4. The molecule has 66 valence electrons. The van der Waals surface area contributed by atoms with Gasteiger partial charge in [0, 0.05) is 6.20 Å². The number of nitrogens with zero attached hydrogens (tertiary/aromatic N) is 2. The van der Waals surface area contributed by atoms with Gasteiger partial charge in [0.1, 0.15) is 5.39 Å². The monoisotopic (exact) mass is 179 g/mol. The topological polar surface area (TPSA) is 118 Å². The van der Waals surface area contributed by atoms with E-state index in [4.69, 9.17) is 5.73 Å². The summed E-state index contributed by atoms with van der Waals surface area (Å²) < 4.78 is 0. The van der Waals surface area contributed by atoms with E-state index < -0.39 is 11.2 Å². The Labute approximate surface area is 70.7 Å². The van der Waals surface area contributed by atoms with Crippen molar-refractivity contribution in [3.63, 3.8) is 0 Å². The average Bonchev–Trinajstić information content (AvgIpc) is 2.02. The number of H-pyrrole nitrogens is 2. The van der Waals surface area contributed by atoms with E-state index in [0.29, 0.717) is 0 Å². The SMILES string of the molecule is Nc1ncc2c(=O)[nH]c(=O)[nH]c2n1. The molecule has 2 heterocycles. The number of hydrogen-bond donors (Lipinski definition) is 3. The van der Waals surface area contributed by atoms with Gasteiger partial charge in [0.2, 0.25) is 5.95 Å². The van der Waals surface area contributed by atoms with E-state index in [1.807, 2.05) is 4.98 Å². The van der Waals surface area contributed by atoms with Crippen LogP contribution in [0.4, 0.5) is 5.95 Å². The Morgan fingerprint density at radius 1 is 1.31 bits per heavy atom. The molecule has 0 aliphatic carbocycles. The number of nitrogens with one attached hydrogen (secondary N) is 2. The third-order valence-corrected chi connectivity index (χ3v) is 1.51. The summed E-state index contributed by atoms with van der Waals surface area (Å²) in [5, 5.41) is 0.203. The second-order valence-electron chi connectivity index (χ2n) is 2.40. The summed E-state index contributed by atoms with van der Waals surface area (Å²) in [6.45, 7) is 0. The molecule has 13 heavy (non-hydrogen) atoms. The van der Waals surface area contributed by atoms with Gasteiger partial charge in [-0.1, -0.05) is 0 Å². The zero-order valence-corrected chi connectivity index (χ0v) is 6.37. The van der Waals surface area contributed by atoms with Crippen molar-refractivity contribution in [1.82, 2.24) is 19.9 Å². The van der Waals surface area contributed by atoms with E-state index in [0.717, 1.165) is 0 Å². The lowest BCUT2D eigenvalue weighted by molar-refractivity contribution is 1.05. The maximum atomic E-state index is 11.1. The molecule has 0 spiro atoms. The predicted molar refractivity (Wildman–Crippen MR) is 45.2 cm³/mol. The van der Waals surface area contributed by atoms with Crippen LogP contribution < -0.4 is 17.0 Å². The van der Waals surface area contributed by atoms with Gasteiger partial charge in [-0.05, 0) is 0 Å². The van der Waals surface area contributed by atoms with Gasteiger partial charge in [-0.25, -0.2) is 9.78 Å². The van der Waals surface area contributed by atoms with E-state index in [-0.39, 0.29) is 17.0 Å². The molecule has 0 radical (unpaired) electrons. The van der Waals surface area contributed by atoms with Crippen molar-refractivity contribution in [2.45, 2.75) is 0 Å². The van der Waals surface area contributed by atoms with E-state index in [1.54, 1.807) is 0 Å². The lowest BCUT2D eigenvalue weighted by Gasteiger charge is -1.94. The molecular weight excluding hydrogens is 174 g/mol. The molecule has 0 unspecified atom stereocenters. The molecule has 2 rings (SSSR count). The van der Waals surface area contributed by atoms with Crippen molar-refractivity contribution in [2.75, 3.05) is 5.73 Å². The van der Waals surface area contributed by atoms with Gasteiger partial charge in [-0.3, -0.25) is 14.8 Å². The van der Waals surface area contributed by atoms with Gasteiger partial charge in [-0.15, -0.1) is 0 Å². The molecule has 0 saturated heterocycles. The summed E-state index contributed by atoms with van der Waals surface area (Å²) >= 11 is 0. The van der Waals surface area contributed by atoms with Crippen LogP contribution in [-0.2, 0) is 0 Å². The number of fused-ring (bicyclic) bond motifs is 1. The van der Waals surface area contributed by atoms with Crippen LogP contribution >= 0.6 is 0 Å². The van der Waals surface area contributed by atoms with Crippen LogP contribution in [0.15, 0.2) is 15.8 Å². The van der Waals surface area contributed by atoms with E-state index >= 15 is 0 Å². The number of nitrogens with two attached hydrogens (primary N) is 1. The first-order valence-electron chi connectivity index (χ1n) is 3.41. The second-order valence-corrected chi connectivity index (χ2v) is 2.40. The first-order chi connectivity index (χ1) is 6.16. The van der Waals surface area contributed by atoms with Crippen molar-refractivity contribution in [3.8, 4) is 0 Å². The maximum absolute atomic E-state index is 11.1. The number of rotatable bonds is 0. The van der Waals surface area contributed by atoms with Gasteiger partial charge in [0.25, 0.3) is 5.56 Å². The Balaban J connectivity index is 3.03. The molecule has 0 fully saturated rings. The van der Waals surface area contributed by atoms with Gasteiger partial charge in [0.05, 0.1) is 0 Å². The third kappa shape index (κ3) is 1.15. The summed E-state index contributed by atoms with van der Waals surface area (Å²) in [5.74, 6) is 0.00810. The minimum absolute atomic E-state index is 0.00810. The number of anilines is 1. The average molecular weight is 179 g/mol. The summed E-state index contributed by atoms with van der Waals surface area (Å²) in [7, 11) is 0. The van der Waals surface area contributed by atoms with Crippen molar-refractivity contribution in [1.29, 1.82) is 0 Å². The second kappa shape index (κ2) is 2.41. The van der Waals surface area contributed by atoms with Gasteiger partial charge >= 0.3 is 5.69 Å². The van der Waals surface area contributed by atoms with Crippen LogP contribution in [0.3, 0.4) is 0 Å². The van der Waals surface area contributed by atoms with Crippen molar-refractivity contribution in [3.05, 3.63) is 27.0 Å². The Morgan fingerprint density at radius 2 is 2.08 bits per heavy atom. The molecule has 0 saturated carbocycles. The fourth-order valence-electron chi connectivity index (χ4n) is 0.966. The van der Waals surface area contributed by atoms with E-state index in [2.05, 4.69) is 15.0 Å². The Hall–Kier alpha value is -2.18. The van der Waals surface area contributed by atoms with Crippen LogP contribution in [0.5, 0.6) is 0 Å². The fourth-order valence-corrected chi connectivity index (χ4v) is 0.966. The summed E-state index contributed by atoms with van der Waals surface area (Å²) in [6, 6.07) is 0. The first-order valence-corrected chi connectivity index (χ1v) is 3.41. The standard InChI is InChI=1S/C6H5N5O2/c7-5-8-1-2-3(9-5)10-6(13)11-4(2)12/h1H,(H4,7,8,9,10,11,12,13). The maximum Gasteiger partial charge on any atom is 0.327 e. The van der Waals surface area contributed by atoms with Crippen molar-refractivity contribution >= 4 is 17.0 Å². The minimum Gasteiger partial charge on any atom is -0.368 e. The molecular formula is C6H5N5O2. The Kier molecular flexibility index (Phi) is 1.38. The van der Waals surface area contributed by atoms with Crippen LogP contribution in [-0.4, -0.2) is 19.9 Å². The van der Waals surface area contributed by atoms with E-state index in [1.165, 1.54) is 6.20 Å². The highest BCUT2D eigenvalue weighted by molar-refractivity contribution is 5.72. The molecule has 4 N–H and O–H groups in total. The normalized spacial score (nSPS) is 10.5. The summed E-state index contributed by atoms with van der Waals surface area (Å²) in [6.07, 6.45) is 1.26. The zero-order chi connectivity index (χ0) is 9.42. The number of aromatic amines is 2. The molecule has 0 aromatic carbocycles. The molecule has 2 aromatic rings. The summed E-state index contributed by atoms with van der Waals surface area (Å²) in [4.78, 5) is 33.6. The minimum atomic E-state index is -0.615. The van der Waals surface area contributed by atoms with Crippen LogP contribution in [0.2, 0.25) is 0 Å². The highest BCUT2D eigenvalue weighted by atomic mass is 16.2. The third-order valence-electron chi connectivity index (χ3n) is 1.51. The smallest absolute Gasteiger partial charge is 0.327 e. The molecule has 7 nitrogen and oxygen atoms in total. The lowest BCUT2D eigenvalue weighted by atomic mass is 10.4. The molecule has 0 bridgehead atoms. The highest BCUT2D eigenvalue weighted by Gasteiger charge is 2.01. The van der Waals surface area contributed by atoms with Crippen molar-refractivity contribution in [2.24, 2.45) is 0 Å². The zero-order valence-electron chi connectivity index (χ0n) is 6.37. The van der Waals surface area contributed by atoms with Gasteiger partial charge < -0.3 is 5.73 Å². The highest BCUT2D eigenvalue weighted by Crippen LogP contribution is 1.99. The van der Waals surface area contributed by atoms with Gasteiger partial charge in [-0.2, -0.15) is 4.98 Å². The summed E-state index contributed by atoms with van der Waals surface area (Å²) in [5.41, 5.74) is 4.26. The van der Waals surface area contributed by atoms with E-state index in [9.17, 15) is 9.59 Å². The number of nitrogen functional groups attached to an aromatic ring is 1. The largest absolute Gasteiger partial charge is 0.368 e. The molecule has 0 atom stereocenters. The fraction of sp³-hybridized carbons (Fsp3) is 0. The quantitative estimate of drug-likeness (QED) is 0.459. The Bertz CT molecular complexity index is 569. The van der Waals surface area contributed by atoms with Crippen LogP contribution in [0.1, 0.15) is 0 Å². The molecule has 0 aliphatic heterocycles. The molecule has 0 amide bonds. The molecule has 7 heteroatoms. The molecule has 2 aromatic heterocycles. The lowest BCUT2D eigenvalue weighted by Crippen LogP contribution is -2.22. The predicted octanol–water partition coefficient (Wildman–Crippen LogP) is -1.41. The van der Waals surface area contributed by atoms with Gasteiger partial charge in [0.15, 0.2) is 5.65 Å². The number of hydrogen-bond acceptors (Lipinski definition) is 5. The molecule has 0 aliphatic rings. The van der Waals surface area contributed by atoms with Crippen LogP contribution in [0, 0.1) is 0 Å².